The molecule has 2 aromatic heterocycles. The van der Waals surface area contributed by atoms with Crippen molar-refractivity contribution in [3.05, 3.63) is 24.2 Å². The molecule has 0 saturated carbocycles. The van der Waals surface area contributed by atoms with Gasteiger partial charge in [0.2, 0.25) is 5.89 Å². The number of rotatable bonds is 2. The van der Waals surface area contributed by atoms with Gasteiger partial charge in [-0.2, -0.15) is 5.10 Å². The zero-order valence-electron chi connectivity index (χ0n) is 8.56. The lowest BCUT2D eigenvalue weighted by Gasteiger charge is -1.95. The van der Waals surface area contributed by atoms with Crippen molar-refractivity contribution in [2.45, 2.75) is 19.8 Å². The van der Waals surface area contributed by atoms with Crippen molar-refractivity contribution in [3.63, 3.8) is 0 Å². The molecule has 4 nitrogen and oxygen atoms in total. The summed E-state index contributed by atoms with van der Waals surface area (Å²) in [7, 11) is 1.87. The Balaban J connectivity index is 2.33. The molecule has 0 aliphatic carbocycles. The Hall–Kier alpha value is -1.58. The first-order valence-electron chi connectivity index (χ1n) is 4.62. The fourth-order valence-corrected chi connectivity index (χ4v) is 1.20. The zero-order chi connectivity index (χ0) is 10.1. The van der Waals surface area contributed by atoms with Crippen molar-refractivity contribution in [1.29, 1.82) is 0 Å². The van der Waals surface area contributed by atoms with Gasteiger partial charge >= 0.3 is 0 Å². The van der Waals surface area contributed by atoms with Gasteiger partial charge in [-0.1, -0.05) is 13.8 Å². The Labute approximate surface area is 82.6 Å². The minimum absolute atomic E-state index is 0.361. The Bertz CT molecular complexity index is 428. The second-order valence-electron chi connectivity index (χ2n) is 3.60. The minimum atomic E-state index is 0.361. The van der Waals surface area contributed by atoms with Crippen LogP contribution in [-0.4, -0.2) is 14.8 Å². The number of aromatic nitrogens is 3. The molecule has 0 aliphatic rings. The van der Waals surface area contributed by atoms with Crippen LogP contribution >= 0.6 is 0 Å². The highest BCUT2D eigenvalue weighted by molar-refractivity contribution is 5.45. The van der Waals surface area contributed by atoms with E-state index in [-0.39, 0.29) is 0 Å². The summed E-state index contributed by atoms with van der Waals surface area (Å²) < 4.78 is 7.29. The van der Waals surface area contributed by atoms with Crippen LogP contribution in [0.3, 0.4) is 0 Å². The molecule has 0 unspecified atom stereocenters. The lowest BCUT2D eigenvalue weighted by atomic mass is 10.2. The summed E-state index contributed by atoms with van der Waals surface area (Å²) in [6.45, 7) is 4.14. The quantitative estimate of drug-likeness (QED) is 0.730. The van der Waals surface area contributed by atoms with E-state index in [9.17, 15) is 0 Å². The average Bonchev–Trinajstić information content (AvgIpc) is 2.70. The predicted octanol–water partition coefficient (Wildman–Crippen LogP) is 2.20. The van der Waals surface area contributed by atoms with Crippen LogP contribution in [0, 0.1) is 0 Å². The molecule has 14 heavy (non-hydrogen) atoms. The van der Waals surface area contributed by atoms with Crippen molar-refractivity contribution < 1.29 is 4.42 Å². The predicted molar refractivity (Wildman–Crippen MR) is 52.8 cm³/mol. The molecule has 2 aromatic rings. The molecular weight excluding hydrogens is 178 g/mol. The number of nitrogens with zero attached hydrogens (tertiary/aromatic N) is 3. The monoisotopic (exact) mass is 191 g/mol. The molecule has 0 atom stereocenters. The van der Waals surface area contributed by atoms with Gasteiger partial charge < -0.3 is 4.42 Å². The fraction of sp³-hybridized carbons (Fsp3) is 0.400. The Morgan fingerprint density at radius 2 is 2.21 bits per heavy atom. The molecule has 0 N–H and O–H groups in total. The van der Waals surface area contributed by atoms with E-state index in [2.05, 4.69) is 23.9 Å². The van der Waals surface area contributed by atoms with E-state index in [0.29, 0.717) is 11.8 Å². The van der Waals surface area contributed by atoms with Gasteiger partial charge in [-0.15, -0.1) is 0 Å². The van der Waals surface area contributed by atoms with E-state index in [4.69, 9.17) is 4.42 Å². The van der Waals surface area contributed by atoms with Gasteiger partial charge in [0.25, 0.3) is 0 Å². The zero-order valence-corrected chi connectivity index (χ0v) is 8.56. The van der Waals surface area contributed by atoms with Crippen molar-refractivity contribution in [2.75, 3.05) is 0 Å². The van der Waals surface area contributed by atoms with Crippen molar-refractivity contribution in [3.8, 4) is 11.6 Å². The minimum Gasteiger partial charge on any atom is -0.440 e. The van der Waals surface area contributed by atoms with E-state index in [1.165, 1.54) is 0 Å². The van der Waals surface area contributed by atoms with Gasteiger partial charge in [0.15, 0.2) is 0 Å². The van der Waals surface area contributed by atoms with E-state index < -0.39 is 0 Å². The molecule has 0 saturated heterocycles. The second-order valence-corrected chi connectivity index (χ2v) is 3.60. The number of aryl methyl sites for hydroxylation is 1. The smallest absolute Gasteiger partial charge is 0.247 e. The Morgan fingerprint density at radius 1 is 1.43 bits per heavy atom. The van der Waals surface area contributed by atoms with Gasteiger partial charge in [0.05, 0.1) is 6.20 Å². The molecule has 2 rings (SSSR count). The molecule has 0 aromatic carbocycles. The first-order chi connectivity index (χ1) is 6.66. The lowest BCUT2D eigenvalue weighted by Crippen LogP contribution is -1.87. The van der Waals surface area contributed by atoms with Gasteiger partial charge in [-0.3, -0.25) is 4.68 Å². The summed E-state index contributed by atoms with van der Waals surface area (Å²) in [6, 6.07) is 1.88. The summed E-state index contributed by atoms with van der Waals surface area (Å²) in [4.78, 5) is 4.18. The highest BCUT2D eigenvalue weighted by Crippen LogP contribution is 2.21. The molecular formula is C10H13N3O. The first-order valence-corrected chi connectivity index (χ1v) is 4.62. The standard InChI is InChI=1S/C10H13N3O/c1-7(2)9-6-11-10(14-9)8-4-5-13(3)12-8/h4-7H,1-3H3. The van der Waals surface area contributed by atoms with Crippen LogP contribution in [0.4, 0.5) is 0 Å². The van der Waals surface area contributed by atoms with Gasteiger partial charge in [-0.05, 0) is 6.07 Å². The maximum atomic E-state index is 5.56. The Kier molecular flexibility index (Phi) is 2.11. The number of hydrogen-bond acceptors (Lipinski definition) is 3. The van der Waals surface area contributed by atoms with Crippen LogP contribution in [0.5, 0.6) is 0 Å². The molecule has 4 heteroatoms. The maximum Gasteiger partial charge on any atom is 0.247 e. The normalized spacial score (nSPS) is 11.1. The molecule has 2 heterocycles. The number of oxazole rings is 1. The molecule has 74 valence electrons. The summed E-state index contributed by atoms with van der Waals surface area (Å²) in [5.41, 5.74) is 0.777. The van der Waals surface area contributed by atoms with Gasteiger partial charge in [-0.25, -0.2) is 4.98 Å². The van der Waals surface area contributed by atoms with Crippen LogP contribution in [0.1, 0.15) is 25.5 Å². The third-order valence-corrected chi connectivity index (χ3v) is 2.03. The third kappa shape index (κ3) is 1.55. The van der Waals surface area contributed by atoms with Crippen LogP contribution in [-0.2, 0) is 7.05 Å². The molecule has 0 aliphatic heterocycles. The van der Waals surface area contributed by atoms with Crippen LogP contribution < -0.4 is 0 Å². The summed E-state index contributed by atoms with van der Waals surface area (Å²) in [5.74, 6) is 1.85. The second kappa shape index (κ2) is 3.29. The van der Waals surface area contributed by atoms with Gasteiger partial charge in [0, 0.05) is 19.2 Å². The highest BCUT2D eigenvalue weighted by Gasteiger charge is 2.10. The molecule has 0 radical (unpaired) electrons. The Morgan fingerprint density at radius 3 is 2.71 bits per heavy atom. The van der Waals surface area contributed by atoms with E-state index in [1.54, 1.807) is 10.9 Å². The fourth-order valence-electron chi connectivity index (χ4n) is 1.20. The van der Waals surface area contributed by atoms with Crippen molar-refractivity contribution >= 4 is 0 Å². The lowest BCUT2D eigenvalue weighted by molar-refractivity contribution is 0.493. The molecule has 0 amide bonds. The molecule has 0 spiro atoms. The highest BCUT2D eigenvalue weighted by atomic mass is 16.4. The van der Waals surface area contributed by atoms with Crippen LogP contribution in [0.2, 0.25) is 0 Å². The van der Waals surface area contributed by atoms with Crippen LogP contribution in [0.25, 0.3) is 11.6 Å². The third-order valence-electron chi connectivity index (χ3n) is 2.03. The van der Waals surface area contributed by atoms with Crippen LogP contribution in [0.15, 0.2) is 22.9 Å². The van der Waals surface area contributed by atoms with E-state index in [0.717, 1.165) is 11.5 Å². The van der Waals surface area contributed by atoms with Crippen molar-refractivity contribution in [2.24, 2.45) is 7.05 Å². The van der Waals surface area contributed by atoms with Gasteiger partial charge in [0.1, 0.15) is 11.5 Å². The molecule has 0 bridgehead atoms. The molecule has 0 fully saturated rings. The SMILES string of the molecule is CC(C)c1cnc(-c2ccn(C)n2)o1. The summed E-state index contributed by atoms with van der Waals surface area (Å²) >= 11 is 0. The largest absolute Gasteiger partial charge is 0.440 e. The topological polar surface area (TPSA) is 43.9 Å². The summed E-state index contributed by atoms with van der Waals surface area (Å²) in [5, 5.41) is 4.21. The first kappa shape index (κ1) is 8.99. The van der Waals surface area contributed by atoms with E-state index in [1.807, 2.05) is 19.3 Å². The van der Waals surface area contributed by atoms with Crippen molar-refractivity contribution in [1.82, 2.24) is 14.8 Å². The maximum absolute atomic E-state index is 5.56. The summed E-state index contributed by atoms with van der Waals surface area (Å²) in [6.07, 6.45) is 3.63. The number of hydrogen-bond donors (Lipinski definition) is 0. The van der Waals surface area contributed by atoms with E-state index >= 15 is 0 Å². The average molecular weight is 191 g/mol.